The van der Waals surface area contributed by atoms with Crippen LogP contribution in [0.2, 0.25) is 0 Å². The normalized spacial score (nSPS) is 17.6. The summed E-state index contributed by atoms with van der Waals surface area (Å²) in [6, 6.07) is 9.13. The van der Waals surface area contributed by atoms with Gasteiger partial charge < -0.3 is 15.4 Å². The molecule has 2 heterocycles. The van der Waals surface area contributed by atoms with E-state index < -0.39 is 0 Å². The number of rotatable bonds is 10. The van der Waals surface area contributed by atoms with Gasteiger partial charge in [-0.05, 0) is 62.9 Å². The first-order valence-corrected chi connectivity index (χ1v) is 10.9. The molecule has 0 unspecified atom stereocenters. The Balaban J connectivity index is 1.17. The van der Waals surface area contributed by atoms with Gasteiger partial charge in [0.25, 0.3) is 0 Å². The summed E-state index contributed by atoms with van der Waals surface area (Å²) in [6.07, 6.45) is 7.44. The maximum Gasteiger partial charge on any atom is 0.184 e. The molecule has 2 aromatic rings. The van der Waals surface area contributed by atoms with Crippen molar-refractivity contribution in [3.63, 3.8) is 0 Å². The number of hydrogen-bond acceptors (Lipinski definition) is 7. The molecule has 1 saturated heterocycles. The summed E-state index contributed by atoms with van der Waals surface area (Å²) in [5.41, 5.74) is 1.34. The van der Waals surface area contributed by atoms with Crippen LogP contribution < -0.4 is 15.4 Å². The van der Waals surface area contributed by atoms with Crippen LogP contribution in [0.1, 0.15) is 44.1 Å². The molecule has 27 heavy (non-hydrogen) atoms. The van der Waals surface area contributed by atoms with Gasteiger partial charge in [-0.15, -0.1) is 0 Å². The van der Waals surface area contributed by atoms with Crippen LogP contribution in [0.15, 0.2) is 24.3 Å². The van der Waals surface area contributed by atoms with E-state index in [0.29, 0.717) is 12.6 Å². The first kappa shape index (κ1) is 18.5. The molecule has 1 aromatic carbocycles. The van der Waals surface area contributed by atoms with Crippen LogP contribution in [0.3, 0.4) is 0 Å². The number of likely N-dealkylation sites (tertiary alicyclic amines) is 1. The molecule has 7 heteroatoms. The lowest BCUT2D eigenvalue weighted by Crippen LogP contribution is -2.29. The van der Waals surface area contributed by atoms with Crippen molar-refractivity contribution in [2.75, 3.05) is 36.9 Å². The third kappa shape index (κ3) is 5.81. The van der Waals surface area contributed by atoms with Gasteiger partial charge in [0.1, 0.15) is 5.75 Å². The minimum Gasteiger partial charge on any atom is -0.494 e. The lowest BCUT2D eigenvalue weighted by atomic mass is 10.1. The van der Waals surface area contributed by atoms with Crippen molar-refractivity contribution in [2.24, 2.45) is 0 Å². The molecule has 1 aromatic heterocycles. The second kappa shape index (κ2) is 9.37. The standard InChI is InChI=1S/C20H29N5OS/c1-2-11-25(12-3-1)15-16-6-4-7-18(14-16)26-13-5-10-21-19-20(24-27-23-19)22-17-8-9-17/h4,6-7,14,17H,1-3,5,8-13,15H2,(H,21,23)(H,22,24). The van der Waals surface area contributed by atoms with Gasteiger partial charge in [-0.1, -0.05) is 18.6 Å². The Bertz CT molecular complexity index is 712. The van der Waals surface area contributed by atoms with E-state index in [1.165, 1.54) is 62.5 Å². The molecule has 2 N–H and O–H groups in total. The van der Waals surface area contributed by atoms with Crippen molar-refractivity contribution in [1.29, 1.82) is 0 Å². The quantitative estimate of drug-likeness (QED) is 0.601. The Hall–Kier alpha value is -1.86. The van der Waals surface area contributed by atoms with Gasteiger partial charge in [-0.3, -0.25) is 4.90 Å². The highest BCUT2D eigenvalue weighted by Crippen LogP contribution is 2.27. The van der Waals surface area contributed by atoms with E-state index in [0.717, 1.165) is 36.9 Å². The van der Waals surface area contributed by atoms with Crippen LogP contribution in [0, 0.1) is 0 Å². The summed E-state index contributed by atoms with van der Waals surface area (Å²) in [5, 5.41) is 6.78. The molecule has 6 nitrogen and oxygen atoms in total. The van der Waals surface area contributed by atoms with Crippen molar-refractivity contribution >= 4 is 23.4 Å². The number of hydrogen-bond donors (Lipinski definition) is 2. The van der Waals surface area contributed by atoms with Crippen molar-refractivity contribution < 1.29 is 4.74 Å². The Morgan fingerprint density at radius 1 is 1.11 bits per heavy atom. The number of benzene rings is 1. The van der Waals surface area contributed by atoms with Gasteiger partial charge in [0.15, 0.2) is 11.6 Å². The predicted molar refractivity (Wildman–Crippen MR) is 111 cm³/mol. The average Bonchev–Trinajstić information content (AvgIpc) is 3.40. The minimum absolute atomic E-state index is 0.593. The molecule has 1 saturated carbocycles. The molecule has 0 radical (unpaired) electrons. The molecule has 0 bridgehead atoms. The van der Waals surface area contributed by atoms with E-state index in [4.69, 9.17) is 4.74 Å². The molecule has 2 aliphatic rings. The summed E-state index contributed by atoms with van der Waals surface area (Å²) in [7, 11) is 0. The van der Waals surface area contributed by atoms with Gasteiger partial charge in [-0.25, -0.2) is 0 Å². The van der Waals surface area contributed by atoms with Crippen molar-refractivity contribution in [1.82, 2.24) is 13.6 Å². The number of anilines is 2. The van der Waals surface area contributed by atoms with Crippen LogP contribution in [0.25, 0.3) is 0 Å². The van der Waals surface area contributed by atoms with Gasteiger partial charge in [0.2, 0.25) is 0 Å². The van der Waals surface area contributed by atoms with E-state index in [-0.39, 0.29) is 0 Å². The summed E-state index contributed by atoms with van der Waals surface area (Å²) in [6.45, 7) is 5.01. The molecule has 0 atom stereocenters. The first-order valence-electron chi connectivity index (χ1n) is 10.1. The number of aromatic nitrogens is 2. The van der Waals surface area contributed by atoms with Gasteiger partial charge in [-0.2, -0.15) is 8.75 Å². The Kier molecular flexibility index (Phi) is 6.42. The van der Waals surface area contributed by atoms with E-state index in [9.17, 15) is 0 Å². The third-order valence-corrected chi connectivity index (χ3v) is 5.57. The second-order valence-corrected chi connectivity index (χ2v) is 8.02. The maximum absolute atomic E-state index is 5.95. The van der Waals surface area contributed by atoms with Crippen molar-refractivity contribution in [3.8, 4) is 5.75 Å². The van der Waals surface area contributed by atoms with Crippen LogP contribution in [0.4, 0.5) is 11.6 Å². The molecule has 1 aliphatic heterocycles. The first-order chi connectivity index (χ1) is 13.4. The smallest absolute Gasteiger partial charge is 0.184 e. The SMILES string of the molecule is c1cc(CN2CCCCC2)cc(OCCCNc2nsnc2NC2CC2)c1. The molecule has 0 amide bonds. The molecule has 4 rings (SSSR count). The van der Waals surface area contributed by atoms with Crippen molar-refractivity contribution in [2.45, 2.75) is 51.1 Å². The highest BCUT2D eigenvalue weighted by Gasteiger charge is 2.23. The van der Waals surface area contributed by atoms with E-state index in [2.05, 4.69) is 48.5 Å². The average molecular weight is 388 g/mol. The molecular formula is C20H29N5OS. The topological polar surface area (TPSA) is 62.3 Å². The lowest BCUT2D eigenvalue weighted by Gasteiger charge is -2.26. The summed E-state index contributed by atoms with van der Waals surface area (Å²) in [4.78, 5) is 2.54. The highest BCUT2D eigenvalue weighted by molar-refractivity contribution is 6.99. The molecule has 146 valence electrons. The van der Waals surface area contributed by atoms with Crippen LogP contribution in [-0.2, 0) is 6.54 Å². The van der Waals surface area contributed by atoms with Crippen LogP contribution >= 0.6 is 11.7 Å². The van der Waals surface area contributed by atoms with Gasteiger partial charge in [0.05, 0.1) is 18.3 Å². The van der Waals surface area contributed by atoms with E-state index in [1.54, 1.807) is 0 Å². The fourth-order valence-corrected chi connectivity index (χ4v) is 3.89. The maximum atomic E-state index is 5.95. The minimum atomic E-state index is 0.593. The molecular weight excluding hydrogens is 358 g/mol. The monoisotopic (exact) mass is 387 g/mol. The molecule has 1 aliphatic carbocycles. The van der Waals surface area contributed by atoms with E-state index >= 15 is 0 Å². The second-order valence-electron chi connectivity index (χ2n) is 7.49. The van der Waals surface area contributed by atoms with Crippen LogP contribution in [0.5, 0.6) is 5.75 Å². The number of nitrogens with one attached hydrogen (secondary N) is 2. The third-order valence-electron chi connectivity index (χ3n) is 5.04. The van der Waals surface area contributed by atoms with Gasteiger partial charge in [0, 0.05) is 19.1 Å². The zero-order valence-corrected chi connectivity index (χ0v) is 16.6. The number of ether oxygens (including phenoxy) is 1. The Morgan fingerprint density at radius 2 is 1.96 bits per heavy atom. The summed E-state index contributed by atoms with van der Waals surface area (Å²) >= 11 is 1.25. The summed E-state index contributed by atoms with van der Waals surface area (Å²) < 4.78 is 14.6. The molecule has 0 spiro atoms. The summed E-state index contributed by atoms with van der Waals surface area (Å²) in [5.74, 6) is 2.74. The molecule has 2 fully saturated rings. The largest absolute Gasteiger partial charge is 0.494 e. The fraction of sp³-hybridized carbons (Fsp3) is 0.600. The lowest BCUT2D eigenvalue weighted by molar-refractivity contribution is 0.220. The predicted octanol–water partition coefficient (Wildman–Crippen LogP) is 3.98. The Labute approximate surface area is 165 Å². The fourth-order valence-electron chi connectivity index (χ4n) is 3.40. The zero-order valence-electron chi connectivity index (χ0n) is 15.8. The number of piperidine rings is 1. The van der Waals surface area contributed by atoms with Gasteiger partial charge >= 0.3 is 0 Å². The zero-order chi connectivity index (χ0) is 18.3. The number of nitrogens with zero attached hydrogens (tertiary/aromatic N) is 3. The van der Waals surface area contributed by atoms with E-state index in [1.807, 2.05) is 0 Å². The highest BCUT2D eigenvalue weighted by atomic mass is 32.1. The van der Waals surface area contributed by atoms with Crippen LogP contribution in [-0.4, -0.2) is 45.9 Å². The Morgan fingerprint density at radius 3 is 2.81 bits per heavy atom. The van der Waals surface area contributed by atoms with Crippen molar-refractivity contribution in [3.05, 3.63) is 29.8 Å².